The number of esters is 1. The molecule has 2 aromatic carbocycles. The molecule has 0 amide bonds. The van der Waals surface area contributed by atoms with E-state index >= 15 is 0 Å². The molecule has 5 nitrogen and oxygen atoms in total. The van der Waals surface area contributed by atoms with Crippen molar-refractivity contribution in [1.82, 2.24) is 4.98 Å². The Balaban J connectivity index is 1.47. The summed E-state index contributed by atoms with van der Waals surface area (Å²) in [6, 6.07) is 13.5. The van der Waals surface area contributed by atoms with Gasteiger partial charge in [-0.2, -0.15) is 0 Å². The van der Waals surface area contributed by atoms with Crippen LogP contribution in [0, 0.1) is 0 Å². The summed E-state index contributed by atoms with van der Waals surface area (Å²) >= 11 is 1.68. The number of methoxy groups -OCH3 is 2. The van der Waals surface area contributed by atoms with Crippen LogP contribution in [0.3, 0.4) is 0 Å². The van der Waals surface area contributed by atoms with Crippen molar-refractivity contribution in [2.75, 3.05) is 20.8 Å². The minimum Gasteiger partial charge on any atom is -0.497 e. The van der Waals surface area contributed by atoms with Gasteiger partial charge in [0.05, 0.1) is 36.1 Å². The summed E-state index contributed by atoms with van der Waals surface area (Å²) in [6.07, 6.45) is 4.63. The molecule has 1 heterocycles. The molecule has 0 aliphatic rings. The molecule has 0 bridgehead atoms. The maximum Gasteiger partial charge on any atom is 0.330 e. The van der Waals surface area contributed by atoms with Crippen molar-refractivity contribution in [3.05, 3.63) is 59.1 Å². The highest BCUT2D eigenvalue weighted by atomic mass is 32.1. The molecule has 0 saturated carbocycles. The monoisotopic (exact) mass is 383 g/mol. The Morgan fingerprint density at radius 2 is 1.85 bits per heavy atom. The molecule has 0 atom stereocenters. The molecule has 0 spiro atoms. The largest absolute Gasteiger partial charge is 0.497 e. The van der Waals surface area contributed by atoms with E-state index in [1.807, 2.05) is 30.3 Å². The van der Waals surface area contributed by atoms with E-state index in [0.717, 1.165) is 28.9 Å². The van der Waals surface area contributed by atoms with Gasteiger partial charge in [0.25, 0.3) is 0 Å². The van der Waals surface area contributed by atoms with Crippen LogP contribution >= 0.6 is 11.3 Å². The van der Waals surface area contributed by atoms with Crippen LogP contribution in [0.25, 0.3) is 16.3 Å². The molecule has 140 valence electrons. The number of aromatic nitrogens is 1. The fourth-order valence-electron chi connectivity index (χ4n) is 2.56. The summed E-state index contributed by atoms with van der Waals surface area (Å²) in [4.78, 5) is 16.5. The quantitative estimate of drug-likeness (QED) is 0.326. The standard InChI is InChI=1S/C21H21NO4S/c1-24-16-12-15(13-17(14-16)25-2)9-10-21(23)26-11-5-8-20-22-18-6-3-4-7-19(18)27-20/h3-4,6-7,9-10,12-14H,5,8,11H2,1-2H3/b10-9+. The molecular weight excluding hydrogens is 362 g/mol. The first kappa shape index (κ1) is 18.9. The Labute approximate surface area is 162 Å². The molecule has 0 radical (unpaired) electrons. The first-order chi connectivity index (χ1) is 13.2. The van der Waals surface area contributed by atoms with Gasteiger partial charge in [-0.3, -0.25) is 0 Å². The molecule has 6 heteroatoms. The zero-order chi connectivity index (χ0) is 19.1. The number of rotatable bonds is 8. The van der Waals surface area contributed by atoms with E-state index in [9.17, 15) is 4.79 Å². The maximum absolute atomic E-state index is 11.9. The smallest absolute Gasteiger partial charge is 0.330 e. The number of hydrogen-bond acceptors (Lipinski definition) is 6. The van der Waals surface area contributed by atoms with Crippen LogP contribution in [0.1, 0.15) is 17.0 Å². The minimum atomic E-state index is -0.374. The van der Waals surface area contributed by atoms with Crippen LogP contribution in [-0.2, 0) is 16.0 Å². The molecule has 0 aliphatic heterocycles. The van der Waals surface area contributed by atoms with Crippen LogP contribution < -0.4 is 9.47 Å². The number of nitrogens with zero attached hydrogens (tertiary/aromatic N) is 1. The number of hydrogen-bond donors (Lipinski definition) is 0. The Bertz CT molecular complexity index is 893. The molecule has 1 aromatic heterocycles. The number of ether oxygens (including phenoxy) is 3. The third-order valence-corrected chi connectivity index (χ3v) is 5.00. The summed E-state index contributed by atoms with van der Waals surface area (Å²) in [5.41, 5.74) is 1.82. The van der Waals surface area contributed by atoms with E-state index in [4.69, 9.17) is 14.2 Å². The Kier molecular flexibility index (Phi) is 6.44. The van der Waals surface area contributed by atoms with E-state index in [0.29, 0.717) is 18.1 Å². The van der Waals surface area contributed by atoms with Crippen molar-refractivity contribution in [3.8, 4) is 11.5 Å². The summed E-state index contributed by atoms with van der Waals surface area (Å²) in [5, 5.41) is 1.06. The summed E-state index contributed by atoms with van der Waals surface area (Å²) < 4.78 is 16.9. The highest BCUT2D eigenvalue weighted by Crippen LogP contribution is 2.24. The highest BCUT2D eigenvalue weighted by Gasteiger charge is 2.04. The first-order valence-corrected chi connectivity index (χ1v) is 9.42. The highest BCUT2D eigenvalue weighted by molar-refractivity contribution is 7.18. The predicted octanol–water partition coefficient (Wildman–Crippen LogP) is 4.50. The lowest BCUT2D eigenvalue weighted by Gasteiger charge is -2.05. The average Bonchev–Trinajstić information content (AvgIpc) is 3.12. The lowest BCUT2D eigenvalue weighted by molar-refractivity contribution is -0.137. The van der Waals surface area contributed by atoms with Crippen molar-refractivity contribution < 1.29 is 19.0 Å². The fraction of sp³-hybridized carbons (Fsp3) is 0.238. The van der Waals surface area contributed by atoms with Crippen LogP contribution in [0.5, 0.6) is 11.5 Å². The number of aryl methyl sites for hydroxylation is 1. The van der Waals surface area contributed by atoms with Crippen molar-refractivity contribution in [1.29, 1.82) is 0 Å². The Hall–Kier alpha value is -2.86. The third-order valence-electron chi connectivity index (χ3n) is 3.90. The van der Waals surface area contributed by atoms with Gasteiger partial charge in [-0.05, 0) is 42.3 Å². The van der Waals surface area contributed by atoms with Crippen LogP contribution in [-0.4, -0.2) is 31.8 Å². The molecular formula is C21H21NO4S. The lowest BCUT2D eigenvalue weighted by atomic mass is 10.2. The third kappa shape index (κ3) is 5.31. The van der Waals surface area contributed by atoms with Gasteiger partial charge in [0.1, 0.15) is 11.5 Å². The Morgan fingerprint density at radius 1 is 1.11 bits per heavy atom. The van der Waals surface area contributed by atoms with E-state index in [2.05, 4.69) is 11.1 Å². The molecule has 0 unspecified atom stereocenters. The second-order valence-corrected chi connectivity index (χ2v) is 6.94. The van der Waals surface area contributed by atoms with Crippen LogP contribution in [0.15, 0.2) is 48.5 Å². The lowest BCUT2D eigenvalue weighted by Crippen LogP contribution is -2.03. The van der Waals surface area contributed by atoms with Gasteiger partial charge >= 0.3 is 5.97 Å². The molecule has 27 heavy (non-hydrogen) atoms. The number of carbonyl (C=O) groups excluding carboxylic acids is 1. The normalized spacial score (nSPS) is 11.0. The topological polar surface area (TPSA) is 57.7 Å². The SMILES string of the molecule is COc1cc(/C=C/C(=O)OCCCc2nc3ccccc3s2)cc(OC)c1. The predicted molar refractivity (Wildman–Crippen MR) is 107 cm³/mol. The van der Waals surface area contributed by atoms with Crippen molar-refractivity contribution >= 4 is 33.6 Å². The molecule has 3 aromatic rings. The van der Waals surface area contributed by atoms with E-state index in [-0.39, 0.29) is 5.97 Å². The molecule has 0 N–H and O–H groups in total. The van der Waals surface area contributed by atoms with Crippen LogP contribution in [0.4, 0.5) is 0 Å². The Morgan fingerprint density at radius 3 is 2.56 bits per heavy atom. The molecule has 0 aliphatic carbocycles. The van der Waals surface area contributed by atoms with Gasteiger partial charge in [0.15, 0.2) is 0 Å². The van der Waals surface area contributed by atoms with Crippen molar-refractivity contribution in [2.24, 2.45) is 0 Å². The van der Waals surface area contributed by atoms with Gasteiger partial charge in [-0.1, -0.05) is 12.1 Å². The van der Waals surface area contributed by atoms with Gasteiger partial charge in [0, 0.05) is 18.6 Å². The zero-order valence-corrected chi connectivity index (χ0v) is 16.1. The van der Waals surface area contributed by atoms with E-state index < -0.39 is 0 Å². The first-order valence-electron chi connectivity index (χ1n) is 8.60. The number of para-hydroxylation sites is 1. The van der Waals surface area contributed by atoms with Crippen molar-refractivity contribution in [2.45, 2.75) is 12.8 Å². The average molecular weight is 383 g/mol. The molecule has 0 fully saturated rings. The van der Waals surface area contributed by atoms with Gasteiger partial charge < -0.3 is 14.2 Å². The van der Waals surface area contributed by atoms with Crippen LogP contribution in [0.2, 0.25) is 0 Å². The number of carbonyl (C=O) groups is 1. The zero-order valence-electron chi connectivity index (χ0n) is 15.3. The summed E-state index contributed by atoms with van der Waals surface area (Å²) in [6.45, 7) is 0.362. The van der Waals surface area contributed by atoms with Crippen molar-refractivity contribution in [3.63, 3.8) is 0 Å². The molecule has 3 rings (SSSR count). The summed E-state index contributed by atoms with van der Waals surface area (Å²) in [7, 11) is 3.17. The van der Waals surface area contributed by atoms with Gasteiger partial charge in [0.2, 0.25) is 0 Å². The second kappa shape index (κ2) is 9.19. The number of benzene rings is 2. The summed E-state index contributed by atoms with van der Waals surface area (Å²) in [5.74, 6) is 0.956. The number of fused-ring (bicyclic) bond motifs is 1. The van der Waals surface area contributed by atoms with E-state index in [1.165, 1.54) is 10.8 Å². The number of thiazole rings is 1. The molecule has 0 saturated heterocycles. The van der Waals surface area contributed by atoms with Gasteiger partial charge in [-0.25, -0.2) is 9.78 Å². The van der Waals surface area contributed by atoms with E-state index in [1.54, 1.807) is 37.7 Å². The minimum absolute atomic E-state index is 0.362. The second-order valence-electron chi connectivity index (χ2n) is 5.83. The fourth-order valence-corrected chi connectivity index (χ4v) is 3.57. The van der Waals surface area contributed by atoms with Gasteiger partial charge in [-0.15, -0.1) is 11.3 Å². The maximum atomic E-state index is 11.9.